The van der Waals surface area contributed by atoms with Crippen molar-refractivity contribution < 1.29 is 44.2 Å². The van der Waals surface area contributed by atoms with Gasteiger partial charge in [0.2, 0.25) is 0 Å². The summed E-state index contributed by atoms with van der Waals surface area (Å²) in [6.07, 6.45) is -4.49. The number of furan rings is 1. The van der Waals surface area contributed by atoms with Gasteiger partial charge in [0.25, 0.3) is 0 Å². The van der Waals surface area contributed by atoms with E-state index in [0.717, 1.165) is 16.5 Å². The summed E-state index contributed by atoms with van der Waals surface area (Å²) in [4.78, 5) is 13.2. The van der Waals surface area contributed by atoms with Gasteiger partial charge in [0, 0.05) is 24.3 Å². The number of aliphatic hydroxyl groups is 4. The number of ketones is 1. The first-order chi connectivity index (χ1) is 16.3. The van der Waals surface area contributed by atoms with Crippen LogP contribution in [0.3, 0.4) is 0 Å². The second kappa shape index (κ2) is 10.1. The van der Waals surface area contributed by atoms with Gasteiger partial charge < -0.3 is 39.4 Å². The van der Waals surface area contributed by atoms with Crippen molar-refractivity contribution in [2.24, 2.45) is 0 Å². The van der Waals surface area contributed by atoms with Gasteiger partial charge in [-0.25, -0.2) is 0 Å². The van der Waals surface area contributed by atoms with Crippen molar-refractivity contribution in [2.45, 2.75) is 49.8 Å². The van der Waals surface area contributed by atoms with Crippen LogP contribution in [0.1, 0.15) is 27.9 Å². The molecule has 1 aromatic heterocycles. The van der Waals surface area contributed by atoms with Gasteiger partial charge in [-0.1, -0.05) is 6.07 Å². The first kappa shape index (κ1) is 24.2. The SMILES string of the molecule is COc1cc(O)c(C(=O)CCc2ccc3occc3c2)c(CC2OC(CO)C(O)C(O)C2O)c1. The van der Waals surface area contributed by atoms with Crippen molar-refractivity contribution in [3.8, 4) is 11.5 Å². The number of methoxy groups -OCH3 is 1. The normalized spacial score (nSPS) is 24.9. The zero-order valence-electron chi connectivity index (χ0n) is 18.6. The molecule has 5 N–H and O–H groups in total. The van der Waals surface area contributed by atoms with E-state index in [1.807, 2.05) is 24.3 Å². The highest BCUT2D eigenvalue weighted by Crippen LogP contribution is 2.33. The summed E-state index contributed by atoms with van der Waals surface area (Å²) in [5.41, 5.74) is 2.12. The first-order valence-corrected chi connectivity index (χ1v) is 11.0. The highest BCUT2D eigenvalue weighted by molar-refractivity contribution is 6.00. The van der Waals surface area contributed by atoms with Crippen LogP contribution < -0.4 is 4.74 Å². The lowest BCUT2D eigenvalue weighted by atomic mass is 9.88. The predicted octanol–water partition coefficient (Wildman–Crippen LogP) is 1.35. The third-order valence-corrected chi connectivity index (χ3v) is 6.26. The number of carbonyl (C=O) groups is 1. The molecular weight excluding hydrogens is 444 g/mol. The molecule has 5 unspecified atom stereocenters. The maximum absolute atomic E-state index is 13.2. The topological polar surface area (TPSA) is 150 Å². The second-order valence-corrected chi connectivity index (χ2v) is 8.47. The van der Waals surface area contributed by atoms with E-state index in [0.29, 0.717) is 17.7 Å². The third-order valence-electron chi connectivity index (χ3n) is 6.26. The van der Waals surface area contributed by atoms with Crippen molar-refractivity contribution >= 4 is 16.8 Å². The van der Waals surface area contributed by atoms with Gasteiger partial charge in [-0.3, -0.25) is 4.79 Å². The van der Waals surface area contributed by atoms with Crippen LogP contribution >= 0.6 is 0 Å². The molecule has 5 atom stereocenters. The second-order valence-electron chi connectivity index (χ2n) is 8.47. The molecule has 1 saturated heterocycles. The Morgan fingerprint density at radius 1 is 1.03 bits per heavy atom. The van der Waals surface area contributed by atoms with Crippen LogP contribution in [0.15, 0.2) is 47.1 Å². The van der Waals surface area contributed by atoms with Gasteiger partial charge in [0.15, 0.2) is 5.78 Å². The Morgan fingerprint density at radius 2 is 1.79 bits per heavy atom. The fraction of sp³-hybridized carbons (Fsp3) is 0.400. The number of carbonyl (C=O) groups excluding carboxylic acids is 1. The number of aliphatic hydroxyl groups excluding tert-OH is 4. The smallest absolute Gasteiger partial charge is 0.167 e. The number of benzene rings is 2. The number of ether oxygens (including phenoxy) is 2. The van der Waals surface area contributed by atoms with Gasteiger partial charge in [-0.15, -0.1) is 0 Å². The van der Waals surface area contributed by atoms with Crippen LogP contribution in [-0.2, 0) is 17.6 Å². The van der Waals surface area contributed by atoms with Crippen LogP contribution in [0.2, 0.25) is 0 Å². The standard InChI is InChI=1S/C25H28O9/c1-32-16-9-15(10-20-23(29)25(31)24(30)21(12-26)34-20)22(18(28)11-16)17(27)4-2-13-3-5-19-14(8-13)6-7-33-19/h3,5-9,11,20-21,23-26,28-31H,2,4,10,12H2,1H3. The molecule has 4 rings (SSSR count). The third kappa shape index (κ3) is 4.79. The van der Waals surface area contributed by atoms with Crippen molar-refractivity contribution in [3.63, 3.8) is 0 Å². The van der Waals surface area contributed by atoms with E-state index >= 15 is 0 Å². The Kier molecular flexibility index (Phi) is 7.20. The average molecular weight is 472 g/mol. The summed E-state index contributed by atoms with van der Waals surface area (Å²) >= 11 is 0. The highest BCUT2D eigenvalue weighted by Gasteiger charge is 2.43. The van der Waals surface area contributed by atoms with Gasteiger partial charge in [0.05, 0.1) is 31.6 Å². The number of aromatic hydroxyl groups is 1. The summed E-state index contributed by atoms with van der Waals surface area (Å²) in [5, 5.41) is 51.6. The van der Waals surface area contributed by atoms with Gasteiger partial charge >= 0.3 is 0 Å². The van der Waals surface area contributed by atoms with E-state index in [1.165, 1.54) is 13.2 Å². The van der Waals surface area contributed by atoms with Crippen molar-refractivity contribution in [1.82, 2.24) is 0 Å². The maximum atomic E-state index is 13.2. The van der Waals surface area contributed by atoms with Crippen molar-refractivity contribution in [2.75, 3.05) is 13.7 Å². The molecule has 0 aliphatic carbocycles. The fourth-order valence-corrected chi connectivity index (χ4v) is 4.38. The molecule has 0 spiro atoms. The van der Waals surface area contributed by atoms with E-state index < -0.39 is 37.1 Å². The number of Topliss-reactive ketones (excluding diaryl/α,β-unsaturated/α-hetero) is 1. The lowest BCUT2D eigenvalue weighted by molar-refractivity contribution is -0.228. The lowest BCUT2D eigenvalue weighted by Crippen LogP contribution is -2.59. The molecule has 3 aromatic rings. The Labute approximate surface area is 195 Å². The summed E-state index contributed by atoms with van der Waals surface area (Å²) in [6.45, 7) is -0.558. The number of hydrogen-bond acceptors (Lipinski definition) is 9. The van der Waals surface area contributed by atoms with Crippen LogP contribution in [-0.4, -0.2) is 75.6 Å². The quantitative estimate of drug-likeness (QED) is 0.306. The van der Waals surface area contributed by atoms with Gasteiger partial charge in [-0.05, 0) is 41.8 Å². The average Bonchev–Trinajstić information content (AvgIpc) is 3.30. The maximum Gasteiger partial charge on any atom is 0.167 e. The number of phenolic OH excluding ortho intramolecular Hbond substituents is 1. The molecule has 182 valence electrons. The van der Waals surface area contributed by atoms with E-state index in [1.54, 1.807) is 12.3 Å². The summed E-state index contributed by atoms with van der Waals surface area (Å²) in [6, 6.07) is 10.4. The van der Waals surface area contributed by atoms with Crippen LogP contribution in [0, 0.1) is 0 Å². The molecule has 1 fully saturated rings. The molecule has 2 aromatic carbocycles. The lowest BCUT2D eigenvalue weighted by Gasteiger charge is -2.40. The molecule has 9 nitrogen and oxygen atoms in total. The number of hydrogen-bond donors (Lipinski definition) is 5. The molecule has 1 aliphatic rings. The predicted molar refractivity (Wildman–Crippen MR) is 121 cm³/mol. The monoisotopic (exact) mass is 472 g/mol. The summed E-state index contributed by atoms with van der Waals surface area (Å²) in [5.74, 6) is -0.277. The minimum absolute atomic E-state index is 0.0613. The Hall–Kier alpha value is -2.95. The Balaban J connectivity index is 1.57. The van der Waals surface area contributed by atoms with Crippen molar-refractivity contribution in [3.05, 3.63) is 59.4 Å². The Bertz CT molecular complexity index is 1150. The summed E-state index contributed by atoms with van der Waals surface area (Å²) in [7, 11) is 1.42. The molecule has 0 bridgehead atoms. The van der Waals surface area contributed by atoms with Gasteiger partial charge in [-0.2, -0.15) is 0 Å². The molecule has 0 amide bonds. The van der Waals surface area contributed by atoms with Crippen molar-refractivity contribution in [1.29, 1.82) is 0 Å². The van der Waals surface area contributed by atoms with Crippen LogP contribution in [0.4, 0.5) is 0 Å². The minimum atomic E-state index is -1.54. The molecule has 9 heteroatoms. The molecule has 1 aliphatic heterocycles. The number of rotatable bonds is 8. The van der Waals surface area contributed by atoms with Crippen LogP contribution in [0.5, 0.6) is 11.5 Å². The fourth-order valence-electron chi connectivity index (χ4n) is 4.38. The molecule has 0 saturated carbocycles. The van der Waals surface area contributed by atoms with E-state index in [9.17, 15) is 30.3 Å². The van der Waals surface area contributed by atoms with E-state index in [2.05, 4.69) is 0 Å². The number of fused-ring (bicyclic) bond motifs is 1. The zero-order valence-corrected chi connectivity index (χ0v) is 18.6. The molecular formula is C25H28O9. The van der Waals surface area contributed by atoms with Gasteiger partial charge in [0.1, 0.15) is 41.5 Å². The minimum Gasteiger partial charge on any atom is -0.507 e. The zero-order chi connectivity index (χ0) is 24.4. The highest BCUT2D eigenvalue weighted by atomic mass is 16.5. The Morgan fingerprint density at radius 3 is 2.53 bits per heavy atom. The number of aryl methyl sites for hydroxylation is 1. The molecule has 2 heterocycles. The largest absolute Gasteiger partial charge is 0.507 e. The van der Waals surface area contributed by atoms with E-state index in [-0.39, 0.29) is 29.9 Å². The summed E-state index contributed by atoms with van der Waals surface area (Å²) < 4.78 is 16.1. The molecule has 34 heavy (non-hydrogen) atoms. The number of phenols is 1. The first-order valence-electron chi connectivity index (χ1n) is 11.0. The van der Waals surface area contributed by atoms with Crippen LogP contribution in [0.25, 0.3) is 11.0 Å². The molecule has 0 radical (unpaired) electrons. The van der Waals surface area contributed by atoms with E-state index in [4.69, 9.17) is 13.9 Å².